The number of nitriles is 1. The van der Waals surface area contributed by atoms with Crippen molar-refractivity contribution in [3.63, 3.8) is 0 Å². The van der Waals surface area contributed by atoms with E-state index in [9.17, 15) is 4.79 Å². The maximum atomic E-state index is 11.6. The Balaban J connectivity index is 1.73. The minimum atomic E-state index is -0.467. The molecule has 5 heteroatoms. The number of amides is 1. The van der Waals surface area contributed by atoms with Crippen LogP contribution >= 0.6 is 0 Å². The lowest BCUT2D eigenvalue weighted by Crippen LogP contribution is -2.24. The summed E-state index contributed by atoms with van der Waals surface area (Å²) < 4.78 is 10.2. The first-order chi connectivity index (χ1) is 12.2. The molecule has 0 saturated carbocycles. The maximum absolute atomic E-state index is 11.6. The monoisotopic (exact) mass is 334 g/mol. The third-order valence-electron chi connectivity index (χ3n) is 3.29. The number of benzene rings is 2. The van der Waals surface area contributed by atoms with Gasteiger partial charge in [0, 0.05) is 18.5 Å². The smallest absolute Gasteiger partial charge is 0.407 e. The van der Waals surface area contributed by atoms with Gasteiger partial charge < -0.3 is 14.8 Å². The van der Waals surface area contributed by atoms with Crippen LogP contribution in [0.4, 0.5) is 4.79 Å². The van der Waals surface area contributed by atoms with Crippen molar-refractivity contribution in [2.24, 2.45) is 0 Å². The second kappa shape index (κ2) is 9.64. The van der Waals surface area contributed by atoms with E-state index in [-0.39, 0.29) is 6.61 Å². The first kappa shape index (κ1) is 17.9. The van der Waals surface area contributed by atoms with Crippen molar-refractivity contribution in [2.75, 3.05) is 13.7 Å². The highest BCUT2D eigenvalue weighted by atomic mass is 16.5. The predicted octanol–water partition coefficient (Wildman–Crippen LogP) is 3.23. The van der Waals surface area contributed by atoms with Crippen molar-refractivity contribution >= 4 is 6.09 Å². The van der Waals surface area contributed by atoms with Crippen molar-refractivity contribution in [3.05, 3.63) is 65.2 Å². The van der Waals surface area contributed by atoms with Gasteiger partial charge in [0.15, 0.2) is 0 Å². The van der Waals surface area contributed by atoms with Gasteiger partial charge in [-0.25, -0.2) is 4.79 Å². The molecule has 2 rings (SSSR count). The Morgan fingerprint density at radius 1 is 1.20 bits per heavy atom. The third-order valence-corrected chi connectivity index (χ3v) is 3.29. The minimum Gasteiger partial charge on any atom is -0.495 e. The number of nitrogens with one attached hydrogen (secondary N) is 1. The normalized spacial score (nSPS) is 9.28. The molecule has 2 aromatic carbocycles. The van der Waals surface area contributed by atoms with E-state index in [0.717, 1.165) is 11.1 Å². The van der Waals surface area contributed by atoms with E-state index >= 15 is 0 Å². The number of rotatable bonds is 5. The second-order valence-corrected chi connectivity index (χ2v) is 5.07. The lowest BCUT2D eigenvalue weighted by Gasteiger charge is -2.05. The molecule has 0 fully saturated rings. The number of hydrogen-bond acceptors (Lipinski definition) is 4. The fourth-order valence-corrected chi connectivity index (χ4v) is 2.03. The highest BCUT2D eigenvalue weighted by Gasteiger charge is 2.02. The number of methoxy groups -OCH3 is 1. The Bertz CT molecular complexity index is 814. The number of hydrogen-bond donors (Lipinski definition) is 1. The molecule has 0 atom stereocenters. The first-order valence-corrected chi connectivity index (χ1v) is 7.74. The molecule has 126 valence electrons. The topological polar surface area (TPSA) is 71.3 Å². The van der Waals surface area contributed by atoms with Gasteiger partial charge in [-0.05, 0) is 23.8 Å². The zero-order valence-corrected chi connectivity index (χ0v) is 13.9. The Morgan fingerprint density at radius 3 is 2.72 bits per heavy atom. The summed E-state index contributed by atoms with van der Waals surface area (Å²) in [5.41, 5.74) is 2.16. The van der Waals surface area contributed by atoms with E-state index in [1.807, 2.05) is 30.3 Å². The summed E-state index contributed by atoms with van der Waals surface area (Å²) in [5.74, 6) is 6.43. The molecule has 0 aliphatic rings. The van der Waals surface area contributed by atoms with Crippen molar-refractivity contribution in [3.8, 4) is 23.7 Å². The van der Waals surface area contributed by atoms with Gasteiger partial charge in [-0.1, -0.05) is 42.2 Å². The van der Waals surface area contributed by atoms with Gasteiger partial charge in [0.25, 0.3) is 0 Å². The number of carbonyl (C=O) groups is 1. The molecular formula is C20H18N2O3. The molecule has 1 N–H and O–H groups in total. The van der Waals surface area contributed by atoms with Crippen LogP contribution in [0.3, 0.4) is 0 Å². The van der Waals surface area contributed by atoms with Crippen LogP contribution in [-0.4, -0.2) is 19.7 Å². The first-order valence-electron chi connectivity index (χ1n) is 7.74. The summed E-state index contributed by atoms with van der Waals surface area (Å²) in [5, 5.41) is 11.6. The van der Waals surface area contributed by atoms with Crippen molar-refractivity contribution in [2.45, 2.75) is 13.0 Å². The summed E-state index contributed by atoms with van der Waals surface area (Å²) in [6.45, 7) is 0.636. The summed E-state index contributed by atoms with van der Waals surface area (Å²) >= 11 is 0. The Labute approximate surface area is 147 Å². The zero-order chi connectivity index (χ0) is 17.9. The van der Waals surface area contributed by atoms with E-state index in [0.29, 0.717) is 24.3 Å². The summed E-state index contributed by atoms with van der Waals surface area (Å²) in [4.78, 5) is 11.6. The van der Waals surface area contributed by atoms with Gasteiger partial charge in [-0.3, -0.25) is 0 Å². The number of nitrogens with zero attached hydrogens (tertiary/aromatic N) is 1. The van der Waals surface area contributed by atoms with Crippen molar-refractivity contribution in [1.82, 2.24) is 5.32 Å². The van der Waals surface area contributed by atoms with Gasteiger partial charge in [-0.15, -0.1) is 0 Å². The zero-order valence-electron chi connectivity index (χ0n) is 13.9. The molecule has 0 radical (unpaired) electrons. The standard InChI is InChI=1S/C20H18N2O3/c1-24-19-13-16(10-11-18(19)14-21)7-5-6-12-22-20(23)25-15-17-8-3-2-4-9-17/h2-4,8-11,13H,6,12,15H2,1H3,(H,22,23). The van der Waals surface area contributed by atoms with Gasteiger partial charge in [0.05, 0.1) is 12.7 Å². The summed E-state index contributed by atoms with van der Waals surface area (Å²) in [7, 11) is 1.51. The number of ether oxygens (including phenoxy) is 2. The quantitative estimate of drug-likeness (QED) is 0.673. The second-order valence-electron chi connectivity index (χ2n) is 5.07. The number of carbonyl (C=O) groups excluding carboxylic acids is 1. The van der Waals surface area contributed by atoms with E-state index < -0.39 is 6.09 Å². The third kappa shape index (κ3) is 5.93. The average Bonchev–Trinajstić information content (AvgIpc) is 2.66. The number of alkyl carbamates (subject to hydrolysis) is 1. The molecule has 0 aliphatic carbocycles. The van der Waals surface area contributed by atoms with Crippen LogP contribution < -0.4 is 10.1 Å². The maximum Gasteiger partial charge on any atom is 0.407 e. The van der Waals surface area contributed by atoms with Crippen LogP contribution in [0, 0.1) is 23.2 Å². The van der Waals surface area contributed by atoms with Gasteiger partial charge in [-0.2, -0.15) is 5.26 Å². The van der Waals surface area contributed by atoms with Gasteiger partial charge in [0.1, 0.15) is 18.4 Å². The van der Waals surface area contributed by atoms with Gasteiger partial charge >= 0.3 is 6.09 Å². The highest BCUT2D eigenvalue weighted by molar-refractivity contribution is 5.67. The van der Waals surface area contributed by atoms with Crippen molar-refractivity contribution < 1.29 is 14.3 Å². The van der Waals surface area contributed by atoms with E-state index in [1.54, 1.807) is 18.2 Å². The van der Waals surface area contributed by atoms with Gasteiger partial charge in [0.2, 0.25) is 0 Å². The van der Waals surface area contributed by atoms with Crippen LogP contribution in [0.15, 0.2) is 48.5 Å². The molecule has 0 heterocycles. The Kier molecular flexibility index (Phi) is 6.91. The minimum absolute atomic E-state index is 0.239. The summed E-state index contributed by atoms with van der Waals surface area (Å²) in [6, 6.07) is 16.7. The van der Waals surface area contributed by atoms with Crippen LogP contribution in [0.2, 0.25) is 0 Å². The van der Waals surface area contributed by atoms with Crippen LogP contribution in [0.25, 0.3) is 0 Å². The summed E-state index contributed by atoms with van der Waals surface area (Å²) in [6.07, 6.45) is 0.0219. The average molecular weight is 334 g/mol. The van der Waals surface area contributed by atoms with Crippen LogP contribution in [0.5, 0.6) is 5.75 Å². The molecule has 0 aliphatic heterocycles. The molecular weight excluding hydrogens is 316 g/mol. The fourth-order valence-electron chi connectivity index (χ4n) is 2.03. The molecule has 2 aromatic rings. The van der Waals surface area contributed by atoms with E-state index in [4.69, 9.17) is 14.7 Å². The molecule has 1 amide bonds. The van der Waals surface area contributed by atoms with Crippen molar-refractivity contribution in [1.29, 1.82) is 5.26 Å². The molecule has 0 aromatic heterocycles. The Hall–Kier alpha value is -3.44. The van der Waals surface area contributed by atoms with E-state index in [1.165, 1.54) is 7.11 Å². The lowest BCUT2D eigenvalue weighted by atomic mass is 10.1. The fraction of sp³-hybridized carbons (Fsp3) is 0.200. The molecule has 0 bridgehead atoms. The molecule has 0 saturated heterocycles. The highest BCUT2D eigenvalue weighted by Crippen LogP contribution is 2.18. The Morgan fingerprint density at radius 2 is 2.00 bits per heavy atom. The largest absolute Gasteiger partial charge is 0.495 e. The molecule has 25 heavy (non-hydrogen) atoms. The SMILES string of the molecule is COc1cc(C#CCCNC(=O)OCc2ccccc2)ccc1C#N. The molecule has 0 unspecified atom stereocenters. The van der Waals surface area contributed by atoms with E-state index in [2.05, 4.69) is 23.2 Å². The lowest BCUT2D eigenvalue weighted by molar-refractivity contribution is 0.140. The van der Waals surface area contributed by atoms with Crippen LogP contribution in [0.1, 0.15) is 23.1 Å². The predicted molar refractivity (Wildman–Crippen MR) is 93.8 cm³/mol. The molecule has 5 nitrogen and oxygen atoms in total. The molecule has 0 spiro atoms. The van der Waals surface area contributed by atoms with Crippen LogP contribution in [-0.2, 0) is 11.3 Å².